The number of anilines is 3. The molecule has 9 nitrogen and oxygen atoms in total. The van der Waals surface area contributed by atoms with Crippen LogP contribution in [0, 0.1) is 6.92 Å². The number of aromatic nitrogens is 6. The van der Waals surface area contributed by atoms with Gasteiger partial charge < -0.3 is 11.1 Å². The summed E-state index contributed by atoms with van der Waals surface area (Å²) >= 11 is 1.58. The Bertz CT molecular complexity index is 1290. The summed E-state index contributed by atoms with van der Waals surface area (Å²) in [5.41, 5.74) is 11.6. The molecule has 0 amide bonds. The summed E-state index contributed by atoms with van der Waals surface area (Å²) in [7, 11) is 0. The molecule has 164 valence electrons. The second-order valence-electron chi connectivity index (χ2n) is 8.61. The fourth-order valence-electron chi connectivity index (χ4n) is 4.87. The van der Waals surface area contributed by atoms with Gasteiger partial charge in [0, 0.05) is 31.2 Å². The SMILES string of the molecule is Cc1csc2c(-n3nc(Nc4cnc5c(c4)CN(C4CCCC4)CC5)nc3N)ncnc12. The predicted octanol–water partition coefficient (Wildman–Crippen LogP) is 3.60. The zero-order valence-electron chi connectivity index (χ0n) is 18.0. The molecule has 0 bridgehead atoms. The van der Waals surface area contributed by atoms with E-state index in [0.717, 1.165) is 47.0 Å². The lowest BCUT2D eigenvalue weighted by atomic mass is 10.0. The Morgan fingerprint density at radius 2 is 2.06 bits per heavy atom. The highest BCUT2D eigenvalue weighted by atomic mass is 32.1. The van der Waals surface area contributed by atoms with Crippen LogP contribution in [0.25, 0.3) is 16.0 Å². The zero-order chi connectivity index (χ0) is 21.7. The van der Waals surface area contributed by atoms with E-state index in [1.165, 1.54) is 43.3 Å². The molecule has 5 heterocycles. The molecular weight excluding hydrogens is 422 g/mol. The smallest absolute Gasteiger partial charge is 0.248 e. The average molecular weight is 448 g/mol. The van der Waals surface area contributed by atoms with Crippen molar-refractivity contribution in [3.8, 4) is 5.82 Å². The number of aryl methyl sites for hydroxylation is 1. The van der Waals surface area contributed by atoms with E-state index in [2.05, 4.69) is 41.7 Å². The summed E-state index contributed by atoms with van der Waals surface area (Å²) < 4.78 is 2.51. The molecule has 2 aliphatic rings. The van der Waals surface area contributed by atoms with Crippen molar-refractivity contribution in [2.45, 2.75) is 51.6 Å². The Morgan fingerprint density at radius 1 is 1.19 bits per heavy atom. The van der Waals surface area contributed by atoms with E-state index in [0.29, 0.717) is 11.8 Å². The highest BCUT2D eigenvalue weighted by Gasteiger charge is 2.26. The maximum atomic E-state index is 6.20. The van der Waals surface area contributed by atoms with E-state index in [-0.39, 0.29) is 5.95 Å². The lowest BCUT2D eigenvalue weighted by Gasteiger charge is -2.33. The number of nitrogens with zero attached hydrogens (tertiary/aromatic N) is 7. The summed E-state index contributed by atoms with van der Waals surface area (Å²) in [5.74, 6) is 1.34. The van der Waals surface area contributed by atoms with Gasteiger partial charge in [-0.15, -0.1) is 16.4 Å². The van der Waals surface area contributed by atoms with Crippen LogP contribution < -0.4 is 11.1 Å². The fourth-order valence-corrected chi connectivity index (χ4v) is 5.84. The first kappa shape index (κ1) is 19.6. The third-order valence-corrected chi connectivity index (χ3v) is 7.59. The highest BCUT2D eigenvalue weighted by Crippen LogP contribution is 2.31. The Morgan fingerprint density at radius 3 is 2.94 bits per heavy atom. The van der Waals surface area contributed by atoms with E-state index in [1.54, 1.807) is 16.0 Å². The van der Waals surface area contributed by atoms with Crippen LogP contribution in [0.4, 0.5) is 17.6 Å². The van der Waals surface area contributed by atoms with Crippen LogP contribution in [0.5, 0.6) is 0 Å². The molecule has 10 heteroatoms. The minimum absolute atomic E-state index is 0.275. The largest absolute Gasteiger partial charge is 0.368 e. The molecule has 6 rings (SSSR count). The molecule has 1 aliphatic heterocycles. The van der Waals surface area contributed by atoms with Crippen molar-refractivity contribution in [3.05, 3.63) is 40.8 Å². The van der Waals surface area contributed by atoms with Crippen LogP contribution in [0.1, 0.15) is 42.5 Å². The standard InChI is InChI=1S/C22H25N9S/c1-13-11-32-19-18(13)25-12-26-20(19)31-21(23)28-22(29-31)27-15-8-14-10-30(16-4-2-3-5-16)7-6-17(14)24-9-15/h8-9,11-12,16H,2-7,10H2,1H3,(H3,23,27,28,29). The van der Waals surface area contributed by atoms with E-state index < -0.39 is 0 Å². The van der Waals surface area contributed by atoms with Crippen molar-refractivity contribution in [2.24, 2.45) is 0 Å². The first-order valence-electron chi connectivity index (χ1n) is 11.1. The topological polar surface area (TPSA) is 111 Å². The number of hydrogen-bond acceptors (Lipinski definition) is 9. The van der Waals surface area contributed by atoms with Gasteiger partial charge in [-0.2, -0.15) is 9.67 Å². The Balaban J connectivity index is 1.26. The minimum Gasteiger partial charge on any atom is -0.368 e. The van der Waals surface area contributed by atoms with Crippen LogP contribution in [-0.2, 0) is 13.0 Å². The summed E-state index contributed by atoms with van der Waals surface area (Å²) in [6.45, 7) is 4.10. The number of nitrogens with one attached hydrogen (secondary N) is 1. The van der Waals surface area contributed by atoms with Crippen LogP contribution in [0.3, 0.4) is 0 Å². The number of nitrogens with two attached hydrogens (primary N) is 1. The van der Waals surface area contributed by atoms with Gasteiger partial charge in [-0.3, -0.25) is 9.88 Å². The quantitative estimate of drug-likeness (QED) is 0.488. The summed E-state index contributed by atoms with van der Waals surface area (Å²) in [4.78, 5) is 20.5. The Hall–Kier alpha value is -3.11. The van der Waals surface area contributed by atoms with Gasteiger partial charge in [0.2, 0.25) is 11.9 Å². The predicted molar refractivity (Wildman–Crippen MR) is 125 cm³/mol. The fraction of sp³-hybridized carbons (Fsp3) is 0.409. The zero-order valence-corrected chi connectivity index (χ0v) is 18.8. The summed E-state index contributed by atoms with van der Waals surface area (Å²) in [6.07, 6.45) is 9.75. The van der Waals surface area contributed by atoms with Crippen molar-refractivity contribution in [1.29, 1.82) is 0 Å². The molecule has 0 saturated heterocycles. The van der Waals surface area contributed by atoms with Gasteiger partial charge >= 0.3 is 0 Å². The van der Waals surface area contributed by atoms with Crippen LogP contribution >= 0.6 is 11.3 Å². The molecule has 4 aromatic heterocycles. The molecule has 3 N–H and O–H groups in total. The van der Waals surface area contributed by atoms with Crippen molar-refractivity contribution < 1.29 is 0 Å². The van der Waals surface area contributed by atoms with E-state index >= 15 is 0 Å². The lowest BCUT2D eigenvalue weighted by Crippen LogP contribution is -2.38. The number of rotatable bonds is 4. The maximum absolute atomic E-state index is 6.20. The van der Waals surface area contributed by atoms with Gasteiger partial charge in [-0.25, -0.2) is 9.97 Å². The first-order chi connectivity index (χ1) is 15.7. The molecule has 0 radical (unpaired) electrons. The molecule has 0 unspecified atom stereocenters. The monoisotopic (exact) mass is 447 g/mol. The van der Waals surface area contributed by atoms with Crippen molar-refractivity contribution in [3.63, 3.8) is 0 Å². The van der Waals surface area contributed by atoms with Crippen molar-refractivity contribution in [2.75, 3.05) is 17.6 Å². The molecule has 0 aromatic carbocycles. The third kappa shape index (κ3) is 3.39. The normalized spacial score (nSPS) is 17.2. The van der Waals surface area contributed by atoms with Gasteiger partial charge in [0.05, 0.1) is 22.1 Å². The van der Waals surface area contributed by atoms with Gasteiger partial charge in [-0.05, 0) is 42.3 Å². The van der Waals surface area contributed by atoms with Gasteiger partial charge in [0.1, 0.15) is 6.33 Å². The van der Waals surface area contributed by atoms with Crippen molar-refractivity contribution in [1.82, 2.24) is 34.6 Å². The first-order valence-corrected chi connectivity index (χ1v) is 11.9. The second-order valence-corrected chi connectivity index (χ2v) is 9.49. The molecule has 0 spiro atoms. The van der Waals surface area contributed by atoms with E-state index in [1.807, 2.05) is 13.1 Å². The second kappa shape index (κ2) is 7.79. The molecule has 32 heavy (non-hydrogen) atoms. The van der Waals surface area contributed by atoms with Gasteiger partial charge in [0.15, 0.2) is 5.82 Å². The van der Waals surface area contributed by atoms with Crippen LogP contribution in [0.2, 0.25) is 0 Å². The van der Waals surface area contributed by atoms with E-state index in [9.17, 15) is 0 Å². The Kier molecular flexibility index (Phi) is 4.76. The van der Waals surface area contributed by atoms with Crippen LogP contribution in [-0.4, -0.2) is 47.2 Å². The number of fused-ring (bicyclic) bond motifs is 2. The molecule has 0 atom stereocenters. The van der Waals surface area contributed by atoms with Gasteiger partial charge in [-0.1, -0.05) is 12.8 Å². The molecule has 1 aliphatic carbocycles. The minimum atomic E-state index is 0.275. The summed E-state index contributed by atoms with van der Waals surface area (Å²) in [6, 6.07) is 2.90. The molecule has 4 aromatic rings. The lowest BCUT2D eigenvalue weighted by molar-refractivity contribution is 0.179. The maximum Gasteiger partial charge on any atom is 0.248 e. The highest BCUT2D eigenvalue weighted by molar-refractivity contribution is 7.17. The molecule has 1 fully saturated rings. The van der Waals surface area contributed by atoms with Crippen molar-refractivity contribution >= 4 is 39.1 Å². The number of nitrogen functional groups attached to an aromatic ring is 1. The average Bonchev–Trinajstić information content (AvgIpc) is 3.54. The molecular formula is C22H25N9S. The Labute approximate surface area is 189 Å². The third-order valence-electron chi connectivity index (χ3n) is 6.51. The van der Waals surface area contributed by atoms with E-state index in [4.69, 9.17) is 10.7 Å². The van der Waals surface area contributed by atoms with Crippen LogP contribution in [0.15, 0.2) is 24.0 Å². The molecule has 1 saturated carbocycles. The summed E-state index contributed by atoms with van der Waals surface area (Å²) in [5, 5.41) is 9.91. The van der Waals surface area contributed by atoms with Gasteiger partial charge in [0.25, 0.3) is 0 Å². The number of thiophene rings is 1. The number of pyridine rings is 1. The number of hydrogen-bond donors (Lipinski definition) is 2.